The van der Waals surface area contributed by atoms with E-state index in [0.717, 1.165) is 0 Å². The number of hydrazine groups is 4. The van der Waals surface area contributed by atoms with Gasteiger partial charge >= 0.3 is 6.03 Å². The molecular formula is C3H12N6O. The zero-order chi connectivity index (χ0) is 7.98. The predicted octanol–water partition coefficient (Wildman–Crippen LogP) is -2.35. The van der Waals surface area contributed by atoms with Crippen LogP contribution in [0.5, 0.6) is 0 Å². The zero-order valence-corrected chi connectivity index (χ0v) is 5.93. The van der Waals surface area contributed by atoms with Crippen LogP contribution in [0.4, 0.5) is 4.79 Å². The Morgan fingerprint density at radius 2 is 1.90 bits per heavy atom. The van der Waals surface area contributed by atoms with E-state index in [1.807, 2.05) is 5.43 Å². The monoisotopic (exact) mass is 148 g/mol. The number of rotatable bonds is 3. The summed E-state index contributed by atoms with van der Waals surface area (Å²) in [5, 5.41) is 1.24. The molecule has 0 spiro atoms. The third kappa shape index (κ3) is 3.20. The van der Waals surface area contributed by atoms with Gasteiger partial charge in [0.2, 0.25) is 0 Å². The lowest BCUT2D eigenvalue weighted by Crippen LogP contribution is -2.58. The Kier molecular flexibility index (Phi) is 4.50. The van der Waals surface area contributed by atoms with E-state index in [9.17, 15) is 4.79 Å². The van der Waals surface area contributed by atoms with E-state index in [0.29, 0.717) is 0 Å². The van der Waals surface area contributed by atoms with Gasteiger partial charge in [0.05, 0.1) is 0 Å². The maximum Gasteiger partial charge on any atom is 0.345 e. The summed E-state index contributed by atoms with van der Waals surface area (Å²) in [6.07, 6.45) is 0. The molecule has 0 saturated heterocycles. The van der Waals surface area contributed by atoms with Crippen LogP contribution >= 0.6 is 0 Å². The molecular weight excluding hydrogens is 136 g/mol. The van der Waals surface area contributed by atoms with Crippen LogP contribution < -0.4 is 27.5 Å². The summed E-state index contributed by atoms with van der Waals surface area (Å²) in [7, 11) is 3.26. The lowest BCUT2D eigenvalue weighted by molar-refractivity contribution is 0.0871. The van der Waals surface area contributed by atoms with Crippen LogP contribution in [0.25, 0.3) is 0 Å². The molecule has 0 bridgehead atoms. The summed E-state index contributed by atoms with van der Waals surface area (Å²) < 4.78 is 0. The first kappa shape index (κ1) is 9.11. The maximum absolute atomic E-state index is 10.5. The van der Waals surface area contributed by atoms with Crippen molar-refractivity contribution in [2.24, 2.45) is 5.84 Å². The number of urea groups is 1. The molecule has 0 aromatic rings. The lowest BCUT2D eigenvalue weighted by Gasteiger charge is -2.18. The molecule has 0 saturated carbocycles. The third-order valence-corrected chi connectivity index (χ3v) is 0.792. The average Bonchev–Trinajstić information content (AvgIpc) is 1.99. The Morgan fingerprint density at radius 3 is 2.20 bits per heavy atom. The number of nitrogens with two attached hydrogens (primary N) is 1. The van der Waals surface area contributed by atoms with Crippen molar-refractivity contribution < 1.29 is 4.79 Å². The SMILES string of the molecule is CNN(NC)NC(=O)NN. The fourth-order valence-corrected chi connectivity index (χ4v) is 0.357. The number of nitrogens with one attached hydrogen (secondary N) is 4. The summed E-state index contributed by atoms with van der Waals surface area (Å²) in [5.74, 6) is 4.79. The fourth-order valence-electron chi connectivity index (χ4n) is 0.357. The van der Waals surface area contributed by atoms with Gasteiger partial charge in [0.25, 0.3) is 0 Å². The Balaban J connectivity index is 3.52. The van der Waals surface area contributed by atoms with Gasteiger partial charge in [-0.1, -0.05) is 5.23 Å². The molecule has 6 N–H and O–H groups in total. The van der Waals surface area contributed by atoms with Gasteiger partial charge in [0.15, 0.2) is 0 Å². The van der Waals surface area contributed by atoms with Crippen molar-refractivity contribution in [3.63, 3.8) is 0 Å². The molecule has 0 aliphatic heterocycles. The Morgan fingerprint density at radius 1 is 1.40 bits per heavy atom. The first-order chi connectivity index (χ1) is 4.74. The van der Waals surface area contributed by atoms with E-state index >= 15 is 0 Å². The molecule has 10 heavy (non-hydrogen) atoms. The van der Waals surface area contributed by atoms with Gasteiger partial charge < -0.3 is 0 Å². The van der Waals surface area contributed by atoms with Crippen molar-refractivity contribution in [2.75, 3.05) is 14.1 Å². The standard InChI is InChI=1S/C3H12N6O/c1-5-9(6-2)8-3(10)7-4/h5-6H,4H2,1-2H3,(H2,7,8,10). The van der Waals surface area contributed by atoms with Gasteiger partial charge in [-0.05, 0) is 0 Å². The van der Waals surface area contributed by atoms with Gasteiger partial charge in [0, 0.05) is 14.1 Å². The van der Waals surface area contributed by atoms with Crippen LogP contribution in [0, 0.1) is 0 Å². The maximum atomic E-state index is 10.5. The fraction of sp³-hybridized carbons (Fsp3) is 0.667. The molecule has 0 radical (unpaired) electrons. The lowest BCUT2D eigenvalue weighted by atomic mass is 11.1. The van der Waals surface area contributed by atoms with E-state index in [4.69, 9.17) is 5.84 Å². The normalized spacial score (nSPS) is 9.60. The second-order valence-electron chi connectivity index (χ2n) is 1.37. The van der Waals surface area contributed by atoms with Crippen molar-refractivity contribution in [3.8, 4) is 0 Å². The van der Waals surface area contributed by atoms with Crippen molar-refractivity contribution in [2.45, 2.75) is 0 Å². The summed E-state index contributed by atoms with van der Waals surface area (Å²) in [6, 6.07) is -0.510. The Labute approximate surface area is 58.8 Å². The highest BCUT2D eigenvalue weighted by molar-refractivity contribution is 5.72. The van der Waals surface area contributed by atoms with E-state index < -0.39 is 6.03 Å². The van der Waals surface area contributed by atoms with Crippen molar-refractivity contribution in [1.29, 1.82) is 0 Å². The second kappa shape index (κ2) is 4.94. The molecule has 7 nitrogen and oxygen atoms in total. The third-order valence-electron chi connectivity index (χ3n) is 0.792. The molecule has 0 atom stereocenters. The van der Waals surface area contributed by atoms with Gasteiger partial charge in [-0.15, -0.1) is 0 Å². The molecule has 0 aliphatic carbocycles. The minimum Gasteiger partial charge on any atom is -0.275 e. The van der Waals surface area contributed by atoms with Crippen LogP contribution in [0.15, 0.2) is 0 Å². The van der Waals surface area contributed by atoms with Crippen LogP contribution in [-0.2, 0) is 0 Å². The molecule has 7 heteroatoms. The number of hydrogen-bond donors (Lipinski definition) is 5. The van der Waals surface area contributed by atoms with Gasteiger partial charge in [0.1, 0.15) is 0 Å². The molecule has 0 fully saturated rings. The number of amides is 2. The van der Waals surface area contributed by atoms with E-state index in [2.05, 4.69) is 16.3 Å². The smallest absolute Gasteiger partial charge is 0.275 e. The van der Waals surface area contributed by atoms with Crippen LogP contribution in [0.2, 0.25) is 0 Å². The zero-order valence-electron chi connectivity index (χ0n) is 5.93. The van der Waals surface area contributed by atoms with Crippen LogP contribution in [0.1, 0.15) is 0 Å². The number of hydrogen-bond acceptors (Lipinski definition) is 5. The molecule has 60 valence electrons. The van der Waals surface area contributed by atoms with Gasteiger partial charge in [-0.3, -0.25) is 5.43 Å². The quantitative estimate of drug-likeness (QED) is 0.175. The minimum atomic E-state index is -0.510. The molecule has 0 rings (SSSR count). The molecule has 0 aliphatic rings. The molecule has 0 aromatic heterocycles. The summed E-state index contributed by atoms with van der Waals surface area (Å²) >= 11 is 0. The largest absolute Gasteiger partial charge is 0.345 e. The average molecular weight is 148 g/mol. The highest BCUT2D eigenvalue weighted by Gasteiger charge is 2.00. The summed E-state index contributed by atoms with van der Waals surface area (Å²) in [4.78, 5) is 10.5. The van der Waals surface area contributed by atoms with Crippen molar-refractivity contribution >= 4 is 6.03 Å². The predicted molar refractivity (Wildman–Crippen MR) is 35.8 cm³/mol. The molecule has 0 aromatic carbocycles. The molecule has 2 amide bonds. The molecule has 0 unspecified atom stereocenters. The van der Waals surface area contributed by atoms with Crippen molar-refractivity contribution in [1.82, 2.24) is 26.9 Å². The Hall–Kier alpha value is -0.890. The van der Waals surface area contributed by atoms with Crippen LogP contribution in [-0.4, -0.2) is 25.4 Å². The topological polar surface area (TPSA) is 94.4 Å². The summed E-state index contributed by atoms with van der Waals surface area (Å²) in [6.45, 7) is 0. The minimum absolute atomic E-state index is 0.510. The highest BCUT2D eigenvalue weighted by Crippen LogP contribution is 1.62. The van der Waals surface area contributed by atoms with E-state index in [1.165, 1.54) is 5.23 Å². The molecule has 0 heterocycles. The Bertz CT molecular complexity index is 101. The number of nitrogens with zero attached hydrogens (tertiary/aromatic N) is 1. The second-order valence-corrected chi connectivity index (χ2v) is 1.37. The van der Waals surface area contributed by atoms with Gasteiger partial charge in [-0.2, -0.15) is 0 Å². The van der Waals surface area contributed by atoms with E-state index in [-0.39, 0.29) is 0 Å². The van der Waals surface area contributed by atoms with E-state index in [1.54, 1.807) is 14.1 Å². The van der Waals surface area contributed by atoms with Crippen molar-refractivity contribution in [3.05, 3.63) is 0 Å². The highest BCUT2D eigenvalue weighted by atomic mass is 16.2. The first-order valence-corrected chi connectivity index (χ1v) is 2.66. The first-order valence-electron chi connectivity index (χ1n) is 2.66. The number of carbonyl (C=O) groups excluding carboxylic acids is 1. The van der Waals surface area contributed by atoms with Crippen LogP contribution in [0.3, 0.4) is 0 Å². The number of carbonyl (C=O) groups is 1. The van der Waals surface area contributed by atoms with Gasteiger partial charge in [-0.25, -0.2) is 26.9 Å². The summed E-state index contributed by atoms with van der Waals surface area (Å²) in [5.41, 5.74) is 9.42.